The van der Waals surface area contributed by atoms with E-state index in [1.54, 1.807) is 34.6 Å². The summed E-state index contributed by atoms with van der Waals surface area (Å²) in [5, 5.41) is 15.3. The summed E-state index contributed by atoms with van der Waals surface area (Å²) in [5.41, 5.74) is 3.73. The van der Waals surface area contributed by atoms with E-state index in [1.165, 1.54) is 0 Å². The lowest BCUT2D eigenvalue weighted by atomic mass is 9.98. The number of fused-ring (bicyclic) bond motifs is 4. The number of aliphatic hydroxyl groups excluding tert-OH is 1. The maximum absolute atomic E-state index is 13.0. The summed E-state index contributed by atoms with van der Waals surface area (Å²) in [7, 11) is 0. The highest BCUT2D eigenvalue weighted by Crippen LogP contribution is 2.44. The first-order valence-electron chi connectivity index (χ1n) is 16.1. The third-order valence-electron chi connectivity index (χ3n) is 8.38. The summed E-state index contributed by atoms with van der Waals surface area (Å²) in [6.45, 7) is 9.19. The number of rotatable bonds is 12. The molecule has 2 heterocycles. The first kappa shape index (κ1) is 33.8. The Balaban J connectivity index is 1.09. The number of ether oxygens (including phenoxy) is 5. The number of hydrogen-bond donors (Lipinski definition) is 3. The topological polar surface area (TPSA) is 142 Å². The van der Waals surface area contributed by atoms with E-state index in [0.29, 0.717) is 25.8 Å². The molecule has 2 amide bonds. The maximum Gasteiger partial charge on any atom is 0.407 e. The van der Waals surface area contributed by atoms with Gasteiger partial charge in [-0.25, -0.2) is 9.59 Å². The third-order valence-corrected chi connectivity index (χ3v) is 8.38. The van der Waals surface area contributed by atoms with Crippen LogP contribution in [0, 0.1) is 0 Å². The molecule has 3 aliphatic rings. The summed E-state index contributed by atoms with van der Waals surface area (Å²) in [5.74, 6) is -1.66. The van der Waals surface area contributed by atoms with Crippen molar-refractivity contribution in [1.82, 2.24) is 10.6 Å². The van der Waals surface area contributed by atoms with Crippen molar-refractivity contribution in [3.05, 3.63) is 59.7 Å². The molecular weight excluding hydrogens is 592 g/mol. The van der Waals surface area contributed by atoms with Crippen LogP contribution in [-0.4, -0.2) is 84.7 Å². The van der Waals surface area contributed by atoms with Crippen LogP contribution in [0.25, 0.3) is 11.1 Å². The smallest absolute Gasteiger partial charge is 0.407 e. The van der Waals surface area contributed by atoms with Gasteiger partial charge < -0.3 is 39.4 Å². The number of hydrogen-bond acceptors (Lipinski definition) is 9. The lowest BCUT2D eigenvalue weighted by Crippen LogP contribution is -2.44. The highest BCUT2D eigenvalue weighted by molar-refractivity contribution is 5.82. The van der Waals surface area contributed by atoms with Crippen LogP contribution in [0.5, 0.6) is 0 Å². The van der Waals surface area contributed by atoms with Crippen molar-refractivity contribution in [2.75, 3.05) is 19.8 Å². The molecule has 11 heteroatoms. The molecule has 2 aromatic rings. The molecule has 250 valence electrons. The molecule has 0 spiro atoms. The number of amides is 2. The number of carbonyl (C=O) groups is 3. The molecule has 0 saturated carbocycles. The van der Waals surface area contributed by atoms with Gasteiger partial charge in [0.25, 0.3) is 0 Å². The van der Waals surface area contributed by atoms with Gasteiger partial charge in [0.15, 0.2) is 5.79 Å². The molecule has 46 heavy (non-hydrogen) atoms. The molecule has 2 saturated heterocycles. The van der Waals surface area contributed by atoms with Gasteiger partial charge in [-0.2, -0.15) is 0 Å². The number of benzene rings is 2. The Morgan fingerprint density at radius 2 is 1.54 bits per heavy atom. The number of unbranched alkanes of at least 4 members (excludes halogenated alkanes) is 1. The van der Waals surface area contributed by atoms with Gasteiger partial charge in [0.05, 0.1) is 19.1 Å². The zero-order valence-electron chi connectivity index (χ0n) is 27.2. The van der Waals surface area contributed by atoms with Crippen molar-refractivity contribution < 1.29 is 43.2 Å². The van der Waals surface area contributed by atoms with Crippen molar-refractivity contribution in [1.29, 1.82) is 0 Å². The second-order valence-corrected chi connectivity index (χ2v) is 13.6. The molecule has 0 aromatic heterocycles. The van der Waals surface area contributed by atoms with Crippen LogP contribution in [0.2, 0.25) is 0 Å². The van der Waals surface area contributed by atoms with Crippen LogP contribution in [-0.2, 0) is 33.3 Å². The lowest BCUT2D eigenvalue weighted by molar-refractivity contribution is -0.191. The van der Waals surface area contributed by atoms with E-state index >= 15 is 0 Å². The van der Waals surface area contributed by atoms with Crippen LogP contribution in [0.1, 0.15) is 77.3 Å². The average molecular weight is 639 g/mol. The van der Waals surface area contributed by atoms with E-state index < -0.39 is 53.9 Å². The first-order valence-corrected chi connectivity index (χ1v) is 16.1. The van der Waals surface area contributed by atoms with E-state index in [2.05, 4.69) is 22.8 Å². The van der Waals surface area contributed by atoms with Crippen molar-refractivity contribution in [3.8, 4) is 11.1 Å². The Morgan fingerprint density at radius 3 is 2.15 bits per heavy atom. The fourth-order valence-electron chi connectivity index (χ4n) is 6.44. The van der Waals surface area contributed by atoms with Gasteiger partial charge >= 0.3 is 12.1 Å². The van der Waals surface area contributed by atoms with Crippen LogP contribution in [0.15, 0.2) is 48.5 Å². The average Bonchev–Trinajstić information content (AvgIpc) is 3.60. The Kier molecular flexibility index (Phi) is 10.4. The van der Waals surface area contributed by atoms with Gasteiger partial charge in [0.1, 0.15) is 36.6 Å². The third kappa shape index (κ3) is 8.06. The SMILES string of the molecule is CC(C)(C)OC(=O)[C@H](CCCCNC(=O)C[C@@H]1O[C@H](CO)[C@H]2OC(C)(C)O[C@H]21)NC(=O)OCC1c2ccccc2-c2ccccc21. The molecule has 0 radical (unpaired) electrons. The molecule has 0 unspecified atom stereocenters. The highest BCUT2D eigenvalue weighted by atomic mass is 16.8. The first-order chi connectivity index (χ1) is 21.8. The minimum Gasteiger partial charge on any atom is -0.458 e. The number of alkyl carbamates (subject to hydrolysis) is 1. The Labute approximate surface area is 270 Å². The number of aliphatic hydroxyl groups is 1. The van der Waals surface area contributed by atoms with E-state index in [0.717, 1.165) is 22.3 Å². The van der Waals surface area contributed by atoms with Crippen LogP contribution < -0.4 is 10.6 Å². The predicted octanol–water partition coefficient (Wildman–Crippen LogP) is 4.19. The van der Waals surface area contributed by atoms with Gasteiger partial charge in [-0.05, 0) is 76.1 Å². The fourth-order valence-corrected chi connectivity index (χ4v) is 6.44. The van der Waals surface area contributed by atoms with Gasteiger partial charge in [0, 0.05) is 12.5 Å². The molecule has 2 fully saturated rings. The van der Waals surface area contributed by atoms with Crippen molar-refractivity contribution >= 4 is 18.0 Å². The van der Waals surface area contributed by atoms with Gasteiger partial charge in [-0.1, -0.05) is 48.5 Å². The van der Waals surface area contributed by atoms with E-state index in [9.17, 15) is 19.5 Å². The molecule has 1 aliphatic carbocycles. The molecule has 5 atom stereocenters. The molecule has 2 aromatic carbocycles. The number of esters is 1. The zero-order valence-corrected chi connectivity index (χ0v) is 27.2. The van der Waals surface area contributed by atoms with Crippen LogP contribution in [0.4, 0.5) is 4.79 Å². The summed E-state index contributed by atoms with van der Waals surface area (Å²) in [6, 6.07) is 15.3. The molecule has 5 rings (SSSR count). The van der Waals surface area contributed by atoms with Gasteiger partial charge in [0.2, 0.25) is 5.91 Å². The Morgan fingerprint density at radius 1 is 0.935 bits per heavy atom. The van der Waals surface area contributed by atoms with Crippen LogP contribution in [0.3, 0.4) is 0 Å². The molecule has 3 N–H and O–H groups in total. The van der Waals surface area contributed by atoms with Crippen molar-refractivity contribution in [2.24, 2.45) is 0 Å². The Hall–Kier alpha value is -3.51. The van der Waals surface area contributed by atoms with E-state index in [1.807, 2.05) is 36.4 Å². The highest BCUT2D eigenvalue weighted by Gasteiger charge is 2.55. The monoisotopic (exact) mass is 638 g/mol. The summed E-state index contributed by atoms with van der Waals surface area (Å²) in [6.07, 6.45) is -1.13. The van der Waals surface area contributed by atoms with Crippen LogP contribution >= 0.6 is 0 Å². The summed E-state index contributed by atoms with van der Waals surface area (Å²) >= 11 is 0. The molecular formula is C35H46N2O9. The predicted molar refractivity (Wildman–Crippen MR) is 169 cm³/mol. The summed E-state index contributed by atoms with van der Waals surface area (Å²) in [4.78, 5) is 38.7. The fraction of sp³-hybridized carbons (Fsp3) is 0.571. The zero-order chi connectivity index (χ0) is 33.1. The normalized spacial score (nSPS) is 23.6. The van der Waals surface area contributed by atoms with E-state index in [-0.39, 0.29) is 31.5 Å². The van der Waals surface area contributed by atoms with Gasteiger partial charge in [-0.15, -0.1) is 0 Å². The minimum atomic E-state index is -0.910. The van der Waals surface area contributed by atoms with Gasteiger partial charge in [-0.3, -0.25) is 4.79 Å². The second-order valence-electron chi connectivity index (χ2n) is 13.6. The molecule has 0 bridgehead atoms. The quantitative estimate of drug-likeness (QED) is 0.231. The second kappa shape index (κ2) is 14.1. The molecule has 11 nitrogen and oxygen atoms in total. The maximum atomic E-state index is 13.0. The Bertz CT molecular complexity index is 1360. The standard InChI is InChI=1S/C35H46N2O9/c1-34(2,3)46-32(40)26(37-33(41)42-20-25-23-14-8-6-12-21(23)22-13-7-9-15-24(22)25)16-10-11-17-36-29(39)18-27-30-31(28(19-38)43-27)45-35(4,5)44-30/h6-9,12-15,25-28,30-31,38H,10-11,16-20H2,1-5H3,(H,36,39)(H,37,41)/t26-,27-,28+,30-,31+/m0/s1. The van der Waals surface area contributed by atoms with E-state index in [4.69, 9.17) is 23.7 Å². The summed E-state index contributed by atoms with van der Waals surface area (Å²) < 4.78 is 28.9. The number of carbonyl (C=O) groups excluding carboxylic acids is 3. The number of nitrogens with one attached hydrogen (secondary N) is 2. The molecule has 2 aliphatic heterocycles. The van der Waals surface area contributed by atoms with Crippen molar-refractivity contribution in [3.63, 3.8) is 0 Å². The van der Waals surface area contributed by atoms with Crippen molar-refractivity contribution in [2.45, 2.75) is 108 Å². The lowest BCUT2D eigenvalue weighted by Gasteiger charge is -2.25. The minimum absolute atomic E-state index is 0.0704. The largest absolute Gasteiger partial charge is 0.458 e.